The van der Waals surface area contributed by atoms with Crippen molar-refractivity contribution in [1.29, 1.82) is 0 Å². The summed E-state index contributed by atoms with van der Waals surface area (Å²) in [5, 5.41) is 12.4. The van der Waals surface area contributed by atoms with Crippen molar-refractivity contribution in [2.75, 3.05) is 25.0 Å². The summed E-state index contributed by atoms with van der Waals surface area (Å²) < 4.78 is 13.5. The molecule has 0 heterocycles. The number of benzene rings is 2. The third kappa shape index (κ3) is 5.92. The van der Waals surface area contributed by atoms with Crippen LogP contribution in [-0.2, 0) is 11.3 Å². The summed E-state index contributed by atoms with van der Waals surface area (Å²) in [4.78, 5) is 13.9. The number of carbonyl (C=O) groups is 1. The summed E-state index contributed by atoms with van der Waals surface area (Å²) >= 11 is 5.97. The second-order valence-corrected chi connectivity index (χ2v) is 5.84. The van der Waals surface area contributed by atoms with Gasteiger partial charge in [-0.25, -0.2) is 4.39 Å². The molecule has 2 rings (SSSR count). The quantitative estimate of drug-likeness (QED) is 0.768. The van der Waals surface area contributed by atoms with E-state index in [-0.39, 0.29) is 24.6 Å². The summed E-state index contributed by atoms with van der Waals surface area (Å²) in [6.07, 6.45) is 0.203. The highest BCUT2D eigenvalue weighted by atomic mass is 35.5. The summed E-state index contributed by atoms with van der Waals surface area (Å²) in [6, 6.07) is 13.5. The molecule has 0 bridgehead atoms. The molecule has 0 fully saturated rings. The first-order chi connectivity index (χ1) is 11.6. The molecule has 128 valence electrons. The van der Waals surface area contributed by atoms with Crippen LogP contribution in [0.25, 0.3) is 0 Å². The molecular weight excluding hydrogens is 331 g/mol. The van der Waals surface area contributed by atoms with E-state index in [1.807, 2.05) is 23.1 Å². The van der Waals surface area contributed by atoms with Crippen LogP contribution in [0.4, 0.5) is 10.1 Å². The van der Waals surface area contributed by atoms with Crippen molar-refractivity contribution in [2.45, 2.75) is 13.0 Å². The third-order valence-electron chi connectivity index (χ3n) is 3.51. The Kier molecular flexibility index (Phi) is 7.18. The van der Waals surface area contributed by atoms with Gasteiger partial charge in [-0.2, -0.15) is 0 Å². The monoisotopic (exact) mass is 350 g/mol. The van der Waals surface area contributed by atoms with Crippen LogP contribution in [0.15, 0.2) is 48.5 Å². The third-order valence-corrected chi connectivity index (χ3v) is 3.75. The number of hydrogen-bond donors (Lipinski definition) is 2. The first-order valence-electron chi connectivity index (χ1n) is 7.70. The molecule has 2 aromatic rings. The molecular formula is C18H20ClFN2O2. The summed E-state index contributed by atoms with van der Waals surface area (Å²) in [5.74, 6) is -0.730. The zero-order valence-electron chi connectivity index (χ0n) is 13.2. The Labute approximate surface area is 145 Å². The predicted molar refractivity (Wildman–Crippen MR) is 93.5 cm³/mol. The minimum Gasteiger partial charge on any atom is -0.395 e. The van der Waals surface area contributed by atoms with Gasteiger partial charge in [0.15, 0.2) is 0 Å². The van der Waals surface area contributed by atoms with E-state index in [2.05, 4.69) is 5.32 Å². The van der Waals surface area contributed by atoms with Crippen molar-refractivity contribution >= 4 is 23.2 Å². The van der Waals surface area contributed by atoms with E-state index in [0.29, 0.717) is 24.7 Å². The molecule has 2 N–H and O–H groups in total. The number of nitrogens with zero attached hydrogens (tertiary/aromatic N) is 1. The summed E-state index contributed by atoms with van der Waals surface area (Å²) in [7, 11) is 0. The molecule has 0 saturated heterocycles. The minimum absolute atomic E-state index is 0.00447. The first kappa shape index (κ1) is 18.4. The number of para-hydroxylation sites is 1. The molecule has 1 amide bonds. The van der Waals surface area contributed by atoms with Crippen molar-refractivity contribution in [3.05, 3.63) is 64.9 Å². The lowest BCUT2D eigenvalue weighted by Gasteiger charge is -2.21. The van der Waals surface area contributed by atoms with Gasteiger partial charge in [-0.1, -0.05) is 35.9 Å². The Morgan fingerprint density at radius 1 is 1.17 bits per heavy atom. The van der Waals surface area contributed by atoms with E-state index in [4.69, 9.17) is 11.6 Å². The Hall–Kier alpha value is -1.95. The topological polar surface area (TPSA) is 52.6 Å². The largest absolute Gasteiger partial charge is 0.395 e. The molecule has 0 radical (unpaired) electrons. The number of carbonyl (C=O) groups excluding carboxylic acids is 1. The maximum Gasteiger partial charge on any atom is 0.225 e. The Bertz CT molecular complexity index is 682. The van der Waals surface area contributed by atoms with Crippen molar-refractivity contribution in [3.63, 3.8) is 0 Å². The van der Waals surface area contributed by atoms with E-state index < -0.39 is 5.82 Å². The van der Waals surface area contributed by atoms with E-state index >= 15 is 0 Å². The average molecular weight is 351 g/mol. The molecule has 0 spiro atoms. The zero-order valence-corrected chi connectivity index (χ0v) is 14.0. The average Bonchev–Trinajstić information content (AvgIpc) is 2.55. The first-order valence-corrected chi connectivity index (χ1v) is 8.08. The van der Waals surface area contributed by atoms with Crippen LogP contribution in [0, 0.1) is 5.82 Å². The van der Waals surface area contributed by atoms with Gasteiger partial charge < -0.3 is 10.4 Å². The van der Waals surface area contributed by atoms with Gasteiger partial charge in [0.05, 0.1) is 12.3 Å². The highest BCUT2D eigenvalue weighted by Gasteiger charge is 2.11. The van der Waals surface area contributed by atoms with Crippen LogP contribution in [0.1, 0.15) is 12.0 Å². The molecule has 0 atom stereocenters. The molecule has 6 heteroatoms. The number of hydrogen-bond acceptors (Lipinski definition) is 3. The number of halogens is 2. The van der Waals surface area contributed by atoms with Crippen molar-refractivity contribution in [2.24, 2.45) is 0 Å². The standard InChI is InChI=1S/C18H20ClFN2O2/c19-15-5-3-4-14(12-15)13-22(10-11-23)9-8-18(24)21-17-7-2-1-6-16(17)20/h1-7,12,23H,8-11,13H2,(H,21,24). The number of aliphatic hydroxyl groups is 1. The number of nitrogens with one attached hydrogen (secondary N) is 1. The normalized spacial score (nSPS) is 10.8. The van der Waals surface area contributed by atoms with Crippen LogP contribution in [0.3, 0.4) is 0 Å². The molecule has 0 aliphatic heterocycles. The van der Waals surface area contributed by atoms with Crippen LogP contribution in [0.5, 0.6) is 0 Å². The smallest absolute Gasteiger partial charge is 0.225 e. The zero-order chi connectivity index (χ0) is 17.4. The highest BCUT2D eigenvalue weighted by molar-refractivity contribution is 6.30. The fourth-order valence-corrected chi connectivity index (χ4v) is 2.55. The van der Waals surface area contributed by atoms with Gasteiger partial charge in [0.2, 0.25) is 5.91 Å². The number of amides is 1. The lowest BCUT2D eigenvalue weighted by molar-refractivity contribution is -0.116. The van der Waals surface area contributed by atoms with E-state index in [1.54, 1.807) is 18.2 Å². The summed E-state index contributed by atoms with van der Waals surface area (Å²) in [5.41, 5.74) is 1.18. The van der Waals surface area contributed by atoms with Gasteiger partial charge in [-0.05, 0) is 29.8 Å². The molecule has 2 aromatic carbocycles. The molecule has 0 aliphatic carbocycles. The second kappa shape index (κ2) is 9.37. The fraction of sp³-hybridized carbons (Fsp3) is 0.278. The van der Waals surface area contributed by atoms with Crippen LogP contribution < -0.4 is 5.32 Å². The molecule has 4 nitrogen and oxygen atoms in total. The van der Waals surface area contributed by atoms with Crippen LogP contribution in [-0.4, -0.2) is 35.6 Å². The van der Waals surface area contributed by atoms with Gasteiger partial charge in [0.1, 0.15) is 5.82 Å². The fourth-order valence-electron chi connectivity index (χ4n) is 2.34. The molecule has 0 unspecified atom stereocenters. The Morgan fingerprint density at radius 3 is 2.67 bits per heavy atom. The van der Waals surface area contributed by atoms with Crippen LogP contribution >= 0.6 is 11.6 Å². The Balaban J connectivity index is 1.88. The van der Waals surface area contributed by atoms with E-state index in [9.17, 15) is 14.3 Å². The van der Waals surface area contributed by atoms with Gasteiger partial charge in [-0.15, -0.1) is 0 Å². The van der Waals surface area contributed by atoms with Gasteiger partial charge in [0.25, 0.3) is 0 Å². The SMILES string of the molecule is O=C(CCN(CCO)Cc1cccc(Cl)c1)Nc1ccccc1F. The van der Waals surface area contributed by atoms with Crippen molar-refractivity contribution < 1.29 is 14.3 Å². The van der Waals surface area contributed by atoms with Gasteiger partial charge in [0, 0.05) is 31.1 Å². The van der Waals surface area contributed by atoms with Crippen molar-refractivity contribution in [3.8, 4) is 0 Å². The summed E-state index contributed by atoms with van der Waals surface area (Å²) in [6.45, 7) is 1.47. The van der Waals surface area contributed by atoms with Gasteiger partial charge >= 0.3 is 0 Å². The van der Waals surface area contributed by atoms with Gasteiger partial charge in [-0.3, -0.25) is 9.69 Å². The highest BCUT2D eigenvalue weighted by Crippen LogP contribution is 2.14. The molecule has 0 saturated carbocycles. The number of rotatable bonds is 8. The Morgan fingerprint density at radius 2 is 1.96 bits per heavy atom. The van der Waals surface area contributed by atoms with Crippen molar-refractivity contribution in [1.82, 2.24) is 4.90 Å². The van der Waals surface area contributed by atoms with E-state index in [0.717, 1.165) is 5.56 Å². The predicted octanol–water partition coefficient (Wildman–Crippen LogP) is 3.30. The molecule has 24 heavy (non-hydrogen) atoms. The minimum atomic E-state index is -0.461. The second-order valence-electron chi connectivity index (χ2n) is 5.41. The maximum atomic E-state index is 13.5. The molecule has 0 aromatic heterocycles. The lowest BCUT2D eigenvalue weighted by Crippen LogP contribution is -2.30. The number of anilines is 1. The van der Waals surface area contributed by atoms with E-state index in [1.165, 1.54) is 12.1 Å². The lowest BCUT2D eigenvalue weighted by atomic mass is 10.2. The maximum absolute atomic E-state index is 13.5. The number of aliphatic hydroxyl groups excluding tert-OH is 1. The van der Waals surface area contributed by atoms with Crippen LogP contribution in [0.2, 0.25) is 5.02 Å². The molecule has 0 aliphatic rings.